The molecule has 0 aliphatic carbocycles. The van der Waals surface area contributed by atoms with Crippen LogP contribution < -0.4 is 4.43 Å². The summed E-state index contributed by atoms with van der Waals surface area (Å²) in [4.78, 5) is 0. The van der Waals surface area contributed by atoms with Crippen LogP contribution in [0.2, 0.25) is 23.2 Å². The van der Waals surface area contributed by atoms with Gasteiger partial charge in [0.15, 0.2) is 0 Å². The third-order valence-electron chi connectivity index (χ3n) is 3.92. The van der Waals surface area contributed by atoms with Gasteiger partial charge in [-0.3, -0.25) is 4.18 Å². The molecule has 0 aliphatic rings. The molecular weight excluding hydrogens is 359 g/mol. The minimum Gasteiger partial charge on any atom is -0.542 e. The molecule has 132 valence electrons. The highest BCUT2D eigenvalue weighted by molar-refractivity contribution is 7.85. The molecule has 0 fully saturated rings. The van der Waals surface area contributed by atoms with Crippen LogP contribution in [0.5, 0.6) is 5.75 Å². The molecule has 0 N–H and O–H groups in total. The fraction of sp³-hybridized carbons (Fsp3) is 0.600. The fourth-order valence-electron chi connectivity index (χ4n) is 1.62. The molecule has 0 aliphatic heterocycles. The highest BCUT2D eigenvalue weighted by Gasteiger charge is 2.40. The van der Waals surface area contributed by atoms with Gasteiger partial charge in [-0.2, -0.15) is 8.42 Å². The van der Waals surface area contributed by atoms with Crippen LogP contribution in [-0.4, -0.2) is 23.3 Å². The van der Waals surface area contributed by atoms with Gasteiger partial charge in [0, 0.05) is 5.56 Å². The zero-order chi connectivity index (χ0) is 18.1. The van der Waals surface area contributed by atoms with Gasteiger partial charge in [0.05, 0.1) is 6.61 Å². The summed E-state index contributed by atoms with van der Waals surface area (Å²) < 4.78 is 48.5. The van der Waals surface area contributed by atoms with Crippen molar-refractivity contribution >= 4 is 30.0 Å². The predicted molar refractivity (Wildman–Crippen MR) is 93.5 cm³/mol. The second-order valence-corrected chi connectivity index (χ2v) is 13.6. The van der Waals surface area contributed by atoms with Gasteiger partial charge in [-0.1, -0.05) is 38.4 Å². The molecule has 8 heteroatoms. The smallest absolute Gasteiger partial charge is 0.271 e. The molecule has 0 spiro atoms. The Morgan fingerprint density at radius 1 is 1.26 bits per heavy atom. The van der Waals surface area contributed by atoms with E-state index in [2.05, 4.69) is 0 Å². The predicted octanol–water partition coefficient (Wildman–Crippen LogP) is 4.73. The van der Waals surface area contributed by atoms with E-state index < -0.39 is 30.0 Å². The van der Waals surface area contributed by atoms with Crippen molar-refractivity contribution in [2.24, 2.45) is 0 Å². The molecule has 0 bridgehead atoms. The molecular formula is C15H24ClFO4SSi. The minimum atomic E-state index is -3.77. The van der Waals surface area contributed by atoms with Crippen molar-refractivity contribution in [3.05, 3.63) is 28.5 Å². The van der Waals surface area contributed by atoms with Crippen molar-refractivity contribution in [2.45, 2.75) is 51.6 Å². The maximum absolute atomic E-state index is 13.8. The first-order chi connectivity index (χ1) is 10.3. The van der Waals surface area contributed by atoms with Gasteiger partial charge in [0.2, 0.25) is 0 Å². The number of hydrogen-bond donors (Lipinski definition) is 0. The minimum absolute atomic E-state index is 0.0374. The molecule has 0 aromatic heterocycles. The Bertz CT molecular complexity index is 669. The molecule has 1 aromatic rings. The van der Waals surface area contributed by atoms with Crippen LogP contribution in [0.4, 0.5) is 4.39 Å². The monoisotopic (exact) mass is 382 g/mol. The lowest BCUT2D eigenvalue weighted by Crippen LogP contribution is -2.44. The Morgan fingerprint density at radius 2 is 1.83 bits per heavy atom. The maximum Gasteiger partial charge on any atom is 0.271 e. The van der Waals surface area contributed by atoms with E-state index in [0.29, 0.717) is 5.56 Å². The molecule has 0 atom stereocenters. The van der Waals surface area contributed by atoms with Crippen LogP contribution >= 0.6 is 11.6 Å². The summed E-state index contributed by atoms with van der Waals surface area (Å²) in [7, 11) is -6.09. The summed E-state index contributed by atoms with van der Waals surface area (Å²) in [5, 5.41) is -0.336. The van der Waals surface area contributed by atoms with Crippen molar-refractivity contribution in [3.63, 3.8) is 0 Å². The molecule has 1 rings (SSSR count). The second kappa shape index (κ2) is 7.09. The third-order valence-corrected chi connectivity index (χ3v) is 9.86. The van der Waals surface area contributed by atoms with Crippen molar-refractivity contribution in [2.75, 3.05) is 6.61 Å². The molecule has 0 radical (unpaired) electrons. The molecule has 0 heterocycles. The van der Waals surface area contributed by atoms with Gasteiger partial charge in [0.25, 0.3) is 18.4 Å². The van der Waals surface area contributed by atoms with E-state index in [1.165, 1.54) is 6.07 Å². The summed E-state index contributed by atoms with van der Waals surface area (Å²) in [5.74, 6) is -0.954. The maximum atomic E-state index is 13.8. The largest absolute Gasteiger partial charge is 0.542 e. The van der Waals surface area contributed by atoms with Crippen LogP contribution in [0.15, 0.2) is 12.1 Å². The summed E-state index contributed by atoms with van der Waals surface area (Å²) in [6.07, 6.45) is 0. The zero-order valence-corrected chi connectivity index (χ0v) is 16.9. The van der Waals surface area contributed by atoms with Crippen molar-refractivity contribution in [1.82, 2.24) is 0 Å². The summed E-state index contributed by atoms with van der Waals surface area (Å²) in [5.41, 5.74) is 0.301. The number of rotatable bonds is 6. The number of benzene rings is 1. The highest BCUT2D eigenvalue weighted by Crippen LogP contribution is 2.41. The van der Waals surface area contributed by atoms with Gasteiger partial charge in [-0.15, -0.1) is 0 Å². The Balaban J connectivity index is 3.33. The average Bonchev–Trinajstić information content (AvgIpc) is 2.36. The fourth-order valence-corrected chi connectivity index (χ4v) is 4.00. The lowest BCUT2D eigenvalue weighted by Gasteiger charge is -2.37. The average molecular weight is 383 g/mol. The van der Waals surface area contributed by atoms with E-state index in [1.807, 2.05) is 33.9 Å². The van der Waals surface area contributed by atoms with E-state index >= 15 is 0 Å². The van der Waals surface area contributed by atoms with Crippen molar-refractivity contribution < 1.29 is 21.4 Å². The molecule has 1 aromatic carbocycles. The lowest BCUT2D eigenvalue weighted by molar-refractivity contribution is 0.337. The zero-order valence-electron chi connectivity index (χ0n) is 14.4. The second-order valence-electron chi connectivity index (χ2n) is 6.82. The van der Waals surface area contributed by atoms with Crippen LogP contribution in [0, 0.1) is 5.82 Å². The molecule has 0 unspecified atom stereocenters. The van der Waals surface area contributed by atoms with Crippen molar-refractivity contribution in [1.29, 1.82) is 0 Å². The summed E-state index contributed by atoms with van der Waals surface area (Å²) in [6, 6.07) is 2.51. The summed E-state index contributed by atoms with van der Waals surface area (Å²) >= 11 is 6.05. The topological polar surface area (TPSA) is 52.6 Å². The van der Waals surface area contributed by atoms with E-state index in [4.69, 9.17) is 20.2 Å². The molecule has 0 amide bonds. The Kier molecular flexibility index (Phi) is 6.29. The van der Waals surface area contributed by atoms with Crippen molar-refractivity contribution in [3.8, 4) is 5.75 Å². The number of halogens is 2. The third kappa shape index (κ3) is 5.17. The molecule has 0 saturated heterocycles. The van der Waals surface area contributed by atoms with Crippen LogP contribution in [0.25, 0.3) is 0 Å². The quantitative estimate of drug-likeness (QED) is 0.527. The van der Waals surface area contributed by atoms with E-state index in [9.17, 15) is 12.8 Å². The van der Waals surface area contributed by atoms with Crippen LogP contribution in [0.1, 0.15) is 33.3 Å². The standard InChI is InChI=1S/C15H24ClFO4SSi/c1-7-20-22(18,19)10-11-8-9-12(17)13(16)14(11)21-23(5,6)15(2,3)4/h8-9H,7,10H2,1-6H3. The van der Waals surface area contributed by atoms with E-state index in [-0.39, 0.29) is 22.4 Å². The Labute approximate surface area is 144 Å². The first-order valence-electron chi connectivity index (χ1n) is 7.33. The molecule has 0 saturated carbocycles. The highest BCUT2D eigenvalue weighted by atomic mass is 35.5. The molecule has 4 nitrogen and oxygen atoms in total. The van der Waals surface area contributed by atoms with Gasteiger partial charge < -0.3 is 4.43 Å². The van der Waals surface area contributed by atoms with Crippen LogP contribution in [0.3, 0.4) is 0 Å². The first kappa shape index (κ1) is 20.4. The van der Waals surface area contributed by atoms with E-state index in [1.54, 1.807) is 6.92 Å². The normalized spacial score (nSPS) is 13.2. The molecule has 23 heavy (non-hydrogen) atoms. The van der Waals surface area contributed by atoms with E-state index in [0.717, 1.165) is 6.07 Å². The number of hydrogen-bond acceptors (Lipinski definition) is 4. The Hall–Kier alpha value is -0.633. The lowest BCUT2D eigenvalue weighted by atomic mass is 10.2. The van der Waals surface area contributed by atoms with Gasteiger partial charge in [-0.25, -0.2) is 4.39 Å². The SMILES string of the molecule is CCOS(=O)(=O)Cc1ccc(F)c(Cl)c1O[Si](C)(C)C(C)(C)C. The van der Waals surface area contributed by atoms with Gasteiger partial charge in [-0.05, 0) is 31.1 Å². The van der Waals surface area contributed by atoms with Crippen LogP contribution in [-0.2, 0) is 20.1 Å². The van der Waals surface area contributed by atoms with Gasteiger partial charge >= 0.3 is 0 Å². The first-order valence-corrected chi connectivity index (χ1v) is 12.2. The van der Waals surface area contributed by atoms with Gasteiger partial charge in [0.1, 0.15) is 22.3 Å². The Morgan fingerprint density at radius 3 is 2.30 bits per heavy atom. The summed E-state index contributed by atoms with van der Waals surface area (Å²) in [6.45, 7) is 11.7.